The molecule has 0 radical (unpaired) electrons. The van der Waals surface area contributed by atoms with Gasteiger partial charge in [-0.05, 0) is 35.7 Å². The van der Waals surface area contributed by atoms with Gasteiger partial charge in [0.05, 0.1) is 0 Å². The average molecular weight is 446 g/mol. The van der Waals surface area contributed by atoms with Crippen molar-refractivity contribution in [1.29, 1.82) is 0 Å². The van der Waals surface area contributed by atoms with Gasteiger partial charge in [-0.2, -0.15) is 0 Å². The molecule has 2 aromatic rings. The van der Waals surface area contributed by atoms with E-state index in [9.17, 15) is 18.4 Å². The van der Waals surface area contributed by atoms with E-state index in [4.69, 9.17) is 10.9 Å². The van der Waals surface area contributed by atoms with E-state index in [0.29, 0.717) is 25.2 Å². The van der Waals surface area contributed by atoms with E-state index in [1.807, 2.05) is 29.2 Å². The number of hydroxylamine groups is 1. The molecule has 0 bridgehead atoms. The van der Waals surface area contributed by atoms with Gasteiger partial charge in [0.25, 0.3) is 17.7 Å². The molecule has 0 saturated carbocycles. The molecule has 1 aliphatic rings. The van der Waals surface area contributed by atoms with Crippen LogP contribution in [0.25, 0.3) is 11.1 Å². The first-order valence-electron chi connectivity index (χ1n) is 10.5. The van der Waals surface area contributed by atoms with Crippen molar-refractivity contribution >= 4 is 11.8 Å². The number of benzene rings is 2. The maximum atomic E-state index is 13.3. The van der Waals surface area contributed by atoms with Crippen LogP contribution < -0.4 is 16.5 Å². The van der Waals surface area contributed by atoms with Crippen molar-refractivity contribution in [3.05, 3.63) is 59.7 Å². The number of likely N-dealkylation sites (tertiary alicyclic amines) is 1. The highest BCUT2D eigenvalue weighted by molar-refractivity contribution is 5.98. The third kappa shape index (κ3) is 6.09. The monoisotopic (exact) mass is 446 g/mol. The van der Waals surface area contributed by atoms with Crippen molar-refractivity contribution < 1.29 is 23.6 Å². The number of rotatable bonds is 7. The number of piperidine rings is 1. The van der Waals surface area contributed by atoms with Gasteiger partial charge in [-0.1, -0.05) is 36.4 Å². The fourth-order valence-corrected chi connectivity index (χ4v) is 3.64. The molecule has 2 atom stereocenters. The average Bonchev–Trinajstić information content (AvgIpc) is 2.78. The molecule has 3 rings (SSSR count). The lowest BCUT2D eigenvalue weighted by Crippen LogP contribution is -2.54. The normalized spacial score (nSPS) is 17.9. The van der Waals surface area contributed by atoms with Gasteiger partial charge in [0.15, 0.2) is 0 Å². The molecule has 172 valence electrons. The van der Waals surface area contributed by atoms with Crippen LogP contribution in [0.3, 0.4) is 0 Å². The SMILES string of the molecule is C[C@@H](N)[C@H](NC(=O)c1ccc(-c2ccc(CN3CCC(F)(F)CC3)cc2)cc1)C(=O)NO. The van der Waals surface area contributed by atoms with E-state index in [0.717, 1.165) is 16.7 Å². The van der Waals surface area contributed by atoms with Crippen molar-refractivity contribution in [2.24, 2.45) is 5.73 Å². The smallest absolute Gasteiger partial charge is 0.267 e. The Bertz CT molecular complexity index is 923. The van der Waals surface area contributed by atoms with Gasteiger partial charge in [-0.3, -0.25) is 19.7 Å². The summed E-state index contributed by atoms with van der Waals surface area (Å²) >= 11 is 0. The zero-order valence-electron chi connectivity index (χ0n) is 17.9. The van der Waals surface area contributed by atoms with Crippen LogP contribution in [0.15, 0.2) is 48.5 Å². The van der Waals surface area contributed by atoms with E-state index in [2.05, 4.69) is 5.32 Å². The predicted octanol–water partition coefficient (Wildman–Crippen LogP) is 2.54. The lowest BCUT2D eigenvalue weighted by atomic mass is 10.0. The summed E-state index contributed by atoms with van der Waals surface area (Å²) in [6, 6.07) is 13.0. The van der Waals surface area contributed by atoms with Gasteiger partial charge >= 0.3 is 0 Å². The minimum absolute atomic E-state index is 0.0966. The van der Waals surface area contributed by atoms with Gasteiger partial charge in [-0.15, -0.1) is 0 Å². The quantitative estimate of drug-likeness (QED) is 0.386. The molecule has 1 saturated heterocycles. The molecule has 1 heterocycles. The highest BCUT2D eigenvalue weighted by Gasteiger charge is 2.33. The fourth-order valence-electron chi connectivity index (χ4n) is 3.64. The zero-order chi connectivity index (χ0) is 23.3. The van der Waals surface area contributed by atoms with Crippen LogP contribution in [0, 0.1) is 0 Å². The number of nitrogens with zero attached hydrogens (tertiary/aromatic N) is 1. The van der Waals surface area contributed by atoms with Gasteiger partial charge in [0, 0.05) is 44.1 Å². The minimum Gasteiger partial charge on any atom is -0.339 e. The molecule has 9 heteroatoms. The first-order chi connectivity index (χ1) is 15.2. The summed E-state index contributed by atoms with van der Waals surface area (Å²) in [5.74, 6) is -3.81. The number of hydrogen-bond acceptors (Lipinski definition) is 5. The molecule has 2 amide bonds. The number of nitrogens with two attached hydrogens (primary N) is 1. The molecule has 0 unspecified atom stereocenters. The highest BCUT2D eigenvalue weighted by Crippen LogP contribution is 2.28. The summed E-state index contributed by atoms with van der Waals surface area (Å²) in [5, 5.41) is 11.3. The van der Waals surface area contributed by atoms with Crippen LogP contribution >= 0.6 is 0 Å². The number of nitrogens with one attached hydrogen (secondary N) is 2. The summed E-state index contributed by atoms with van der Waals surface area (Å²) in [7, 11) is 0. The fraction of sp³-hybridized carbons (Fsp3) is 0.391. The second-order valence-corrected chi connectivity index (χ2v) is 8.19. The molecule has 0 spiro atoms. The molecule has 32 heavy (non-hydrogen) atoms. The zero-order valence-corrected chi connectivity index (χ0v) is 17.9. The highest BCUT2D eigenvalue weighted by atomic mass is 19.3. The number of carbonyl (C=O) groups excluding carboxylic acids is 2. The molecule has 1 fully saturated rings. The molecule has 5 N–H and O–H groups in total. The number of hydrogen-bond donors (Lipinski definition) is 4. The van der Waals surface area contributed by atoms with Gasteiger partial charge in [0.2, 0.25) is 0 Å². The Morgan fingerprint density at radius 3 is 2.09 bits per heavy atom. The Balaban J connectivity index is 1.61. The van der Waals surface area contributed by atoms with Crippen LogP contribution in [0.5, 0.6) is 0 Å². The summed E-state index contributed by atoms with van der Waals surface area (Å²) < 4.78 is 26.6. The Labute approximate surface area is 185 Å². The van der Waals surface area contributed by atoms with E-state index >= 15 is 0 Å². The van der Waals surface area contributed by atoms with Crippen LogP contribution in [0.1, 0.15) is 35.7 Å². The molecule has 2 aromatic carbocycles. The molecule has 1 aliphatic heterocycles. The number of carbonyl (C=O) groups is 2. The minimum atomic E-state index is -2.54. The first-order valence-corrected chi connectivity index (χ1v) is 10.5. The van der Waals surface area contributed by atoms with Gasteiger partial charge < -0.3 is 11.1 Å². The van der Waals surface area contributed by atoms with E-state index < -0.39 is 29.8 Å². The van der Waals surface area contributed by atoms with Crippen LogP contribution in [0.2, 0.25) is 0 Å². The van der Waals surface area contributed by atoms with Crippen LogP contribution in [-0.2, 0) is 11.3 Å². The Hall–Kier alpha value is -2.88. The summed E-state index contributed by atoms with van der Waals surface area (Å²) in [6.45, 7) is 2.97. The van der Waals surface area contributed by atoms with Crippen molar-refractivity contribution in [3.63, 3.8) is 0 Å². The number of amides is 2. The number of alkyl halides is 2. The molecule has 7 nitrogen and oxygen atoms in total. The standard InChI is InChI=1S/C23H28F2N4O3/c1-15(26)20(22(31)28-32)27-21(30)19-8-6-18(7-9-19)17-4-2-16(3-5-17)14-29-12-10-23(24,25)11-13-29/h2-9,15,20,32H,10-14,26H2,1H3,(H,27,30)(H,28,31)/t15-,20+/m1/s1. The number of halogens is 2. The Morgan fingerprint density at radius 1 is 1.06 bits per heavy atom. The van der Waals surface area contributed by atoms with E-state index in [1.165, 1.54) is 5.48 Å². The molecular weight excluding hydrogens is 418 g/mol. The van der Waals surface area contributed by atoms with E-state index in [1.54, 1.807) is 31.2 Å². The molecular formula is C23H28F2N4O3. The van der Waals surface area contributed by atoms with Gasteiger partial charge in [0.1, 0.15) is 6.04 Å². The van der Waals surface area contributed by atoms with Crippen molar-refractivity contribution in [2.75, 3.05) is 13.1 Å². The Kier molecular flexibility index (Phi) is 7.55. The summed E-state index contributed by atoms with van der Waals surface area (Å²) in [6.07, 6.45) is -0.193. The van der Waals surface area contributed by atoms with Crippen LogP contribution in [0.4, 0.5) is 8.78 Å². The summed E-state index contributed by atoms with van der Waals surface area (Å²) in [5.41, 5.74) is 10.5. The van der Waals surface area contributed by atoms with Crippen molar-refractivity contribution in [3.8, 4) is 11.1 Å². The lowest BCUT2D eigenvalue weighted by molar-refractivity contribution is -0.131. The largest absolute Gasteiger partial charge is 0.339 e. The van der Waals surface area contributed by atoms with E-state index in [-0.39, 0.29) is 12.8 Å². The third-order valence-electron chi connectivity index (χ3n) is 5.63. The lowest BCUT2D eigenvalue weighted by Gasteiger charge is -2.31. The topological polar surface area (TPSA) is 108 Å². The predicted molar refractivity (Wildman–Crippen MR) is 116 cm³/mol. The third-order valence-corrected chi connectivity index (χ3v) is 5.63. The maximum Gasteiger partial charge on any atom is 0.267 e. The van der Waals surface area contributed by atoms with Crippen molar-refractivity contribution in [2.45, 2.75) is 44.3 Å². The Morgan fingerprint density at radius 2 is 1.59 bits per heavy atom. The second kappa shape index (κ2) is 10.2. The maximum absolute atomic E-state index is 13.3. The molecule has 0 aliphatic carbocycles. The second-order valence-electron chi connectivity index (χ2n) is 8.19. The first kappa shape index (κ1) is 23.8. The van der Waals surface area contributed by atoms with Crippen molar-refractivity contribution in [1.82, 2.24) is 15.7 Å². The molecule has 0 aromatic heterocycles. The summed E-state index contributed by atoms with van der Waals surface area (Å²) in [4.78, 5) is 26.1. The van der Waals surface area contributed by atoms with Gasteiger partial charge in [-0.25, -0.2) is 14.3 Å². The van der Waals surface area contributed by atoms with Crippen LogP contribution in [-0.4, -0.2) is 53.0 Å².